The van der Waals surface area contributed by atoms with Gasteiger partial charge in [0.1, 0.15) is 11.3 Å². The van der Waals surface area contributed by atoms with Gasteiger partial charge >= 0.3 is 0 Å². The number of rotatable bonds is 6. The second-order valence-electron chi connectivity index (χ2n) is 7.67. The van der Waals surface area contributed by atoms with Gasteiger partial charge in [-0.25, -0.2) is 4.68 Å². The van der Waals surface area contributed by atoms with E-state index in [4.69, 9.17) is 4.52 Å². The number of likely N-dealkylation sites (tertiary alicyclic amines) is 1. The number of amides is 1. The standard InChI is InChI=1S/C20H27N5O3S/c1-14-17(12-22-28-14)20(27)21-11-16-4-2-3-6-24(16)7-8-25-19(26)10-15-13-29-9-5-18(15)23-25/h10,12,16H,2-9,11,13H2,1H3,(H,21,27). The Morgan fingerprint density at radius 3 is 3.10 bits per heavy atom. The molecule has 2 aromatic heterocycles. The maximum Gasteiger partial charge on any atom is 0.267 e. The summed E-state index contributed by atoms with van der Waals surface area (Å²) in [4.78, 5) is 27.1. The molecular formula is C20H27N5O3S. The molecule has 4 rings (SSSR count). The summed E-state index contributed by atoms with van der Waals surface area (Å²) in [5, 5.41) is 11.3. The summed E-state index contributed by atoms with van der Waals surface area (Å²) in [6.45, 7) is 4.62. The molecular weight excluding hydrogens is 390 g/mol. The average Bonchev–Trinajstić information content (AvgIpc) is 3.17. The molecule has 9 heteroatoms. The number of nitrogens with zero attached hydrogens (tertiary/aromatic N) is 4. The number of thioether (sulfide) groups is 1. The van der Waals surface area contributed by atoms with Gasteiger partial charge in [-0.1, -0.05) is 11.6 Å². The smallest absolute Gasteiger partial charge is 0.267 e. The molecule has 2 aliphatic heterocycles. The van der Waals surface area contributed by atoms with Gasteiger partial charge in [0.25, 0.3) is 11.5 Å². The highest BCUT2D eigenvalue weighted by Gasteiger charge is 2.24. The third kappa shape index (κ3) is 4.72. The fraction of sp³-hybridized carbons (Fsp3) is 0.600. The number of fused-ring (bicyclic) bond motifs is 1. The van der Waals surface area contributed by atoms with Gasteiger partial charge in [-0.2, -0.15) is 16.9 Å². The summed E-state index contributed by atoms with van der Waals surface area (Å²) in [6.07, 6.45) is 5.71. The Morgan fingerprint density at radius 1 is 1.38 bits per heavy atom. The Hall–Kier alpha value is -2.13. The monoisotopic (exact) mass is 417 g/mol. The minimum absolute atomic E-state index is 0.0176. The molecule has 1 amide bonds. The fourth-order valence-corrected chi connectivity index (χ4v) is 5.00. The molecule has 0 radical (unpaired) electrons. The Kier molecular flexibility index (Phi) is 6.34. The van der Waals surface area contributed by atoms with E-state index in [0.717, 1.165) is 61.5 Å². The zero-order valence-corrected chi connectivity index (χ0v) is 17.5. The molecule has 0 bridgehead atoms. The van der Waals surface area contributed by atoms with Gasteiger partial charge in [0.05, 0.1) is 18.4 Å². The molecule has 2 aliphatic rings. The van der Waals surface area contributed by atoms with Crippen LogP contribution in [0.5, 0.6) is 0 Å². The number of carbonyl (C=O) groups excluding carboxylic acids is 1. The third-order valence-corrected chi connectivity index (χ3v) is 6.75. The van der Waals surface area contributed by atoms with E-state index < -0.39 is 0 Å². The maximum atomic E-state index is 12.4. The molecule has 0 spiro atoms. The van der Waals surface area contributed by atoms with E-state index in [1.54, 1.807) is 17.7 Å². The van der Waals surface area contributed by atoms with Crippen LogP contribution in [0.15, 0.2) is 21.6 Å². The van der Waals surface area contributed by atoms with Crippen molar-refractivity contribution in [1.82, 2.24) is 25.2 Å². The molecule has 2 aromatic rings. The van der Waals surface area contributed by atoms with Crippen LogP contribution in [0, 0.1) is 6.92 Å². The van der Waals surface area contributed by atoms with E-state index in [1.807, 2.05) is 11.8 Å². The number of piperidine rings is 1. The van der Waals surface area contributed by atoms with Crippen LogP contribution in [0.25, 0.3) is 0 Å². The van der Waals surface area contributed by atoms with Crippen LogP contribution in [-0.2, 0) is 18.7 Å². The first-order valence-corrected chi connectivity index (χ1v) is 11.4. The number of carbonyl (C=O) groups is 1. The summed E-state index contributed by atoms with van der Waals surface area (Å²) >= 11 is 1.86. The van der Waals surface area contributed by atoms with Crippen LogP contribution in [0.4, 0.5) is 0 Å². The van der Waals surface area contributed by atoms with Crippen molar-refractivity contribution in [2.45, 2.75) is 50.9 Å². The van der Waals surface area contributed by atoms with Crippen LogP contribution in [0.3, 0.4) is 0 Å². The Bertz CT molecular complexity index is 925. The third-order valence-electron chi connectivity index (χ3n) is 5.75. The molecule has 1 atom stereocenters. The molecule has 0 saturated carbocycles. The van der Waals surface area contributed by atoms with Gasteiger partial charge in [-0.3, -0.25) is 14.5 Å². The SMILES string of the molecule is Cc1oncc1C(=O)NCC1CCCCN1CCn1nc2c(cc1=O)CSCC2. The summed E-state index contributed by atoms with van der Waals surface area (Å²) < 4.78 is 6.59. The highest BCUT2D eigenvalue weighted by molar-refractivity contribution is 7.98. The largest absolute Gasteiger partial charge is 0.361 e. The van der Waals surface area contributed by atoms with Crippen LogP contribution in [0.2, 0.25) is 0 Å². The molecule has 0 aromatic carbocycles. The van der Waals surface area contributed by atoms with Gasteiger partial charge in [-0.15, -0.1) is 0 Å². The van der Waals surface area contributed by atoms with Crippen molar-refractivity contribution in [3.8, 4) is 0 Å². The second kappa shape index (κ2) is 9.13. The molecule has 4 heterocycles. The van der Waals surface area contributed by atoms with Crippen molar-refractivity contribution in [2.75, 3.05) is 25.4 Å². The van der Waals surface area contributed by atoms with E-state index in [1.165, 1.54) is 6.20 Å². The van der Waals surface area contributed by atoms with Crippen molar-refractivity contribution < 1.29 is 9.32 Å². The van der Waals surface area contributed by atoms with Crippen molar-refractivity contribution in [3.63, 3.8) is 0 Å². The number of aromatic nitrogens is 3. The zero-order chi connectivity index (χ0) is 20.2. The quantitative estimate of drug-likeness (QED) is 0.763. The Labute approximate surface area is 174 Å². The minimum Gasteiger partial charge on any atom is -0.361 e. The van der Waals surface area contributed by atoms with Gasteiger partial charge in [0, 0.05) is 37.4 Å². The topological polar surface area (TPSA) is 93.3 Å². The normalized spacial score (nSPS) is 19.7. The van der Waals surface area contributed by atoms with Gasteiger partial charge in [0.2, 0.25) is 0 Å². The predicted molar refractivity (Wildman–Crippen MR) is 111 cm³/mol. The van der Waals surface area contributed by atoms with E-state index in [-0.39, 0.29) is 17.5 Å². The van der Waals surface area contributed by atoms with Gasteiger partial charge < -0.3 is 9.84 Å². The number of nitrogens with one attached hydrogen (secondary N) is 1. The molecule has 1 unspecified atom stereocenters. The first-order valence-electron chi connectivity index (χ1n) is 10.2. The lowest BCUT2D eigenvalue weighted by Crippen LogP contribution is -2.48. The molecule has 156 valence electrons. The predicted octanol–water partition coefficient (Wildman–Crippen LogP) is 1.61. The lowest BCUT2D eigenvalue weighted by molar-refractivity contribution is 0.0907. The Balaban J connectivity index is 1.36. The fourth-order valence-electron chi connectivity index (χ4n) is 4.04. The van der Waals surface area contributed by atoms with E-state index in [9.17, 15) is 9.59 Å². The number of hydrogen-bond acceptors (Lipinski definition) is 7. The Morgan fingerprint density at radius 2 is 2.28 bits per heavy atom. The summed E-state index contributed by atoms with van der Waals surface area (Å²) in [5.74, 6) is 2.33. The van der Waals surface area contributed by atoms with Crippen LogP contribution in [-0.4, -0.2) is 57.2 Å². The minimum atomic E-state index is -0.153. The molecule has 1 fully saturated rings. The molecule has 0 aliphatic carbocycles. The first kappa shape index (κ1) is 20.2. The molecule has 1 saturated heterocycles. The van der Waals surface area contributed by atoms with Crippen LogP contribution >= 0.6 is 11.8 Å². The van der Waals surface area contributed by atoms with Crippen molar-refractivity contribution in [2.24, 2.45) is 0 Å². The second-order valence-corrected chi connectivity index (χ2v) is 8.78. The summed E-state index contributed by atoms with van der Waals surface area (Å²) in [7, 11) is 0. The molecule has 1 N–H and O–H groups in total. The van der Waals surface area contributed by atoms with Crippen molar-refractivity contribution in [3.05, 3.63) is 45.2 Å². The lowest BCUT2D eigenvalue weighted by Gasteiger charge is -2.35. The maximum absolute atomic E-state index is 12.4. The molecule has 8 nitrogen and oxygen atoms in total. The highest BCUT2D eigenvalue weighted by Crippen LogP contribution is 2.21. The van der Waals surface area contributed by atoms with Gasteiger partial charge in [0.15, 0.2) is 0 Å². The lowest BCUT2D eigenvalue weighted by atomic mass is 10.0. The molecule has 29 heavy (non-hydrogen) atoms. The first-order chi connectivity index (χ1) is 14.1. The summed E-state index contributed by atoms with van der Waals surface area (Å²) in [6, 6.07) is 2.02. The number of hydrogen-bond donors (Lipinski definition) is 1. The van der Waals surface area contributed by atoms with Gasteiger partial charge in [-0.05, 0) is 37.6 Å². The van der Waals surface area contributed by atoms with E-state index in [2.05, 4.69) is 20.5 Å². The van der Waals surface area contributed by atoms with Crippen LogP contribution < -0.4 is 10.9 Å². The number of aryl methyl sites for hydroxylation is 2. The average molecular weight is 418 g/mol. The van der Waals surface area contributed by atoms with Crippen molar-refractivity contribution >= 4 is 17.7 Å². The van der Waals surface area contributed by atoms with E-state index in [0.29, 0.717) is 24.4 Å². The van der Waals surface area contributed by atoms with E-state index >= 15 is 0 Å². The zero-order valence-electron chi connectivity index (χ0n) is 16.7. The highest BCUT2D eigenvalue weighted by atomic mass is 32.2. The summed E-state index contributed by atoms with van der Waals surface area (Å²) in [5.41, 5.74) is 2.62. The van der Waals surface area contributed by atoms with Crippen molar-refractivity contribution in [1.29, 1.82) is 0 Å². The van der Waals surface area contributed by atoms with Crippen LogP contribution in [0.1, 0.15) is 46.6 Å².